The summed E-state index contributed by atoms with van der Waals surface area (Å²) in [7, 11) is 0. The van der Waals surface area contributed by atoms with Crippen LogP contribution in [0, 0.1) is 5.41 Å². The molecule has 1 saturated carbocycles. The first kappa shape index (κ1) is 33.1. The van der Waals surface area contributed by atoms with Gasteiger partial charge in [0.2, 0.25) is 5.91 Å². The van der Waals surface area contributed by atoms with Gasteiger partial charge in [-0.15, -0.1) is 0 Å². The van der Waals surface area contributed by atoms with Crippen LogP contribution in [0.2, 0.25) is 0 Å². The summed E-state index contributed by atoms with van der Waals surface area (Å²) in [4.78, 5) is 46.6. The molecule has 4 fully saturated rings. The third kappa shape index (κ3) is 6.79. The van der Waals surface area contributed by atoms with E-state index in [0.717, 1.165) is 16.7 Å². The van der Waals surface area contributed by atoms with Crippen LogP contribution in [0.4, 0.5) is 0 Å². The molecule has 2 bridgehead atoms. The molecule has 0 aromatic heterocycles. The SMILES string of the molecule is CC(C)(C)OC(=O)CCC(CO)NC(=O)C12CC3OC(=O)C1N(Cc1ccc(C=CCc4ccccc4O)cc1)OC2C1OCOC31. The van der Waals surface area contributed by atoms with E-state index in [1.807, 2.05) is 48.6 Å². The number of phenolic OH excluding ortho intramolecular Hbond substituents is 1. The lowest BCUT2D eigenvalue weighted by Crippen LogP contribution is -2.70. The summed E-state index contributed by atoms with van der Waals surface area (Å²) >= 11 is 0. The number of phenols is 1. The lowest BCUT2D eigenvalue weighted by molar-refractivity contribution is -0.201. The Labute approximate surface area is 273 Å². The second-order valence-corrected chi connectivity index (χ2v) is 13.6. The standard InChI is InChI=1S/C35H42N2O10/c1-34(2,3)46-27(40)16-15-24(19-38)36-33(42)35-17-26-28-29(44-20-43-28)31(35)47-37(30(35)32(41)45-26)18-22-13-11-21(12-14-22)7-6-9-23-8-4-5-10-25(23)39/h4-8,10-14,24,26,28-31,38-39H,9,15-20H2,1-3H3,(H,36,42). The molecule has 2 aromatic rings. The number of allylic oxidation sites excluding steroid dienone is 1. The number of hydrogen-bond acceptors (Lipinski definition) is 11. The Morgan fingerprint density at radius 1 is 1.13 bits per heavy atom. The first-order valence-corrected chi connectivity index (χ1v) is 16.0. The Morgan fingerprint density at radius 3 is 2.60 bits per heavy atom. The fourth-order valence-corrected chi connectivity index (χ4v) is 6.97. The smallest absolute Gasteiger partial charge is 0.327 e. The molecule has 7 unspecified atom stereocenters. The van der Waals surface area contributed by atoms with Gasteiger partial charge in [0.25, 0.3) is 0 Å². The van der Waals surface area contributed by atoms with Gasteiger partial charge < -0.3 is 34.5 Å². The second kappa shape index (κ2) is 13.4. The van der Waals surface area contributed by atoms with E-state index < -0.39 is 72.0 Å². The Morgan fingerprint density at radius 2 is 1.87 bits per heavy atom. The lowest BCUT2D eigenvalue weighted by Gasteiger charge is -2.49. The van der Waals surface area contributed by atoms with E-state index in [1.54, 1.807) is 32.9 Å². The summed E-state index contributed by atoms with van der Waals surface area (Å²) < 4.78 is 22.9. The quantitative estimate of drug-likeness (QED) is 0.308. The van der Waals surface area contributed by atoms with Gasteiger partial charge in [-0.3, -0.25) is 19.2 Å². The van der Waals surface area contributed by atoms with Crippen molar-refractivity contribution in [3.63, 3.8) is 0 Å². The zero-order valence-electron chi connectivity index (χ0n) is 26.8. The van der Waals surface area contributed by atoms with E-state index in [1.165, 1.54) is 5.06 Å². The molecule has 3 N–H and O–H groups in total. The Hall–Kier alpha value is -3.81. The summed E-state index contributed by atoms with van der Waals surface area (Å²) in [5, 5.41) is 24.5. The van der Waals surface area contributed by atoms with Crippen LogP contribution in [0.5, 0.6) is 5.75 Å². The van der Waals surface area contributed by atoms with Gasteiger partial charge in [-0.05, 0) is 56.4 Å². The Bertz CT molecular complexity index is 1500. The van der Waals surface area contributed by atoms with Gasteiger partial charge in [-0.2, -0.15) is 5.06 Å². The first-order valence-electron chi connectivity index (χ1n) is 16.0. The number of aliphatic hydroxyl groups excluding tert-OH is 1. The van der Waals surface area contributed by atoms with Crippen molar-refractivity contribution in [1.29, 1.82) is 0 Å². The molecule has 4 aliphatic rings. The summed E-state index contributed by atoms with van der Waals surface area (Å²) in [6.07, 6.45) is 2.07. The minimum Gasteiger partial charge on any atom is -0.508 e. The number of carbonyl (C=O) groups is 3. The number of aliphatic hydroxyl groups is 1. The fourth-order valence-electron chi connectivity index (χ4n) is 6.97. The van der Waals surface area contributed by atoms with E-state index in [0.29, 0.717) is 6.42 Å². The number of benzene rings is 2. The molecule has 252 valence electrons. The maximum absolute atomic E-state index is 14.3. The Balaban J connectivity index is 1.18. The van der Waals surface area contributed by atoms with Crippen molar-refractivity contribution in [3.05, 3.63) is 71.3 Å². The van der Waals surface area contributed by atoms with Gasteiger partial charge in [0.05, 0.1) is 19.2 Å². The highest BCUT2D eigenvalue weighted by atomic mass is 16.8. The predicted octanol–water partition coefficient (Wildman–Crippen LogP) is 2.79. The van der Waals surface area contributed by atoms with Gasteiger partial charge >= 0.3 is 11.9 Å². The van der Waals surface area contributed by atoms with E-state index >= 15 is 0 Å². The molecular weight excluding hydrogens is 608 g/mol. The number of nitrogens with zero attached hydrogens (tertiary/aromatic N) is 1. The summed E-state index contributed by atoms with van der Waals surface area (Å²) in [6, 6.07) is 13.1. The number of nitrogens with one attached hydrogen (secondary N) is 1. The number of hydrogen-bond donors (Lipinski definition) is 3. The highest BCUT2D eigenvalue weighted by Crippen LogP contribution is 2.55. The number of fused-ring (bicyclic) bond motifs is 4. The number of para-hydroxylation sites is 1. The van der Waals surface area contributed by atoms with Crippen molar-refractivity contribution >= 4 is 23.9 Å². The minimum absolute atomic E-state index is 0.00249. The molecule has 0 radical (unpaired) electrons. The van der Waals surface area contributed by atoms with Gasteiger partial charge in [-0.1, -0.05) is 54.6 Å². The second-order valence-electron chi connectivity index (χ2n) is 13.6. The van der Waals surface area contributed by atoms with Crippen LogP contribution in [0.3, 0.4) is 0 Å². The number of amides is 1. The van der Waals surface area contributed by atoms with Crippen molar-refractivity contribution in [2.45, 2.75) is 95.1 Å². The predicted molar refractivity (Wildman–Crippen MR) is 167 cm³/mol. The summed E-state index contributed by atoms with van der Waals surface area (Å²) in [5.74, 6) is -1.25. The molecule has 1 amide bonds. The minimum atomic E-state index is -1.38. The van der Waals surface area contributed by atoms with Crippen LogP contribution < -0.4 is 5.32 Å². The maximum atomic E-state index is 14.3. The summed E-state index contributed by atoms with van der Waals surface area (Å²) in [5.41, 5.74) is 0.603. The molecular formula is C35H42N2O10. The highest BCUT2D eigenvalue weighted by molar-refractivity contribution is 5.93. The van der Waals surface area contributed by atoms with E-state index in [-0.39, 0.29) is 38.3 Å². The van der Waals surface area contributed by atoms with Gasteiger partial charge in [0.1, 0.15) is 48.0 Å². The van der Waals surface area contributed by atoms with Crippen molar-refractivity contribution in [3.8, 4) is 5.75 Å². The molecule has 3 aliphatic heterocycles. The molecule has 6 rings (SSSR count). The molecule has 12 heteroatoms. The topological polar surface area (TPSA) is 153 Å². The number of carbonyl (C=O) groups excluding carboxylic acids is 3. The first-order chi connectivity index (χ1) is 22.5. The molecule has 2 aromatic carbocycles. The van der Waals surface area contributed by atoms with Crippen LogP contribution >= 0.6 is 0 Å². The molecule has 3 saturated heterocycles. The monoisotopic (exact) mass is 650 g/mol. The van der Waals surface area contributed by atoms with E-state index in [4.69, 9.17) is 23.8 Å². The van der Waals surface area contributed by atoms with Gasteiger partial charge in [0.15, 0.2) is 6.04 Å². The van der Waals surface area contributed by atoms with Crippen LogP contribution in [-0.4, -0.2) is 88.6 Å². The maximum Gasteiger partial charge on any atom is 0.327 e. The number of aromatic hydroxyl groups is 1. The van der Waals surface area contributed by atoms with E-state index in [2.05, 4.69) is 5.32 Å². The van der Waals surface area contributed by atoms with Crippen LogP contribution in [0.15, 0.2) is 54.6 Å². The zero-order valence-corrected chi connectivity index (χ0v) is 26.8. The molecule has 47 heavy (non-hydrogen) atoms. The summed E-state index contributed by atoms with van der Waals surface area (Å²) in [6.45, 7) is 5.08. The fraction of sp³-hybridized carbons (Fsp3) is 0.514. The molecule has 0 spiro atoms. The zero-order chi connectivity index (χ0) is 33.3. The molecule has 3 heterocycles. The van der Waals surface area contributed by atoms with Crippen molar-refractivity contribution in [2.24, 2.45) is 5.41 Å². The lowest BCUT2D eigenvalue weighted by atomic mass is 9.62. The molecule has 12 nitrogen and oxygen atoms in total. The van der Waals surface area contributed by atoms with Crippen LogP contribution in [-0.2, 0) is 51.1 Å². The van der Waals surface area contributed by atoms with Crippen molar-refractivity contribution in [2.75, 3.05) is 13.4 Å². The average Bonchev–Trinajstić information content (AvgIpc) is 3.65. The normalized spacial score (nSPS) is 28.9. The number of ether oxygens (including phenoxy) is 4. The van der Waals surface area contributed by atoms with Crippen molar-refractivity contribution < 1.29 is 48.4 Å². The van der Waals surface area contributed by atoms with Gasteiger partial charge in [0, 0.05) is 12.8 Å². The van der Waals surface area contributed by atoms with Gasteiger partial charge in [-0.25, -0.2) is 0 Å². The largest absolute Gasteiger partial charge is 0.508 e. The highest BCUT2D eigenvalue weighted by Gasteiger charge is 2.74. The Kier molecular flexibility index (Phi) is 9.41. The number of hydroxylamine groups is 2. The molecule has 1 aliphatic carbocycles. The number of esters is 2. The number of rotatable bonds is 11. The molecule has 7 atom stereocenters. The van der Waals surface area contributed by atoms with Crippen LogP contribution in [0.1, 0.15) is 56.7 Å². The third-order valence-electron chi connectivity index (χ3n) is 9.13. The third-order valence-corrected chi connectivity index (χ3v) is 9.13. The average molecular weight is 651 g/mol. The van der Waals surface area contributed by atoms with Crippen LogP contribution in [0.25, 0.3) is 6.08 Å². The van der Waals surface area contributed by atoms with E-state index in [9.17, 15) is 24.6 Å². The van der Waals surface area contributed by atoms with Crippen molar-refractivity contribution in [1.82, 2.24) is 10.4 Å².